The summed E-state index contributed by atoms with van der Waals surface area (Å²) in [4.78, 5) is 24.0. The van der Waals surface area contributed by atoms with Crippen LogP contribution in [0.15, 0.2) is 42.5 Å². The molecule has 148 valence electrons. The Morgan fingerprint density at radius 1 is 0.964 bits per heavy atom. The van der Waals surface area contributed by atoms with E-state index in [1.807, 2.05) is 19.1 Å². The monoisotopic (exact) mass is 387 g/mol. The Hall–Kier alpha value is -2.96. The van der Waals surface area contributed by atoms with Crippen LogP contribution in [0.5, 0.6) is 0 Å². The van der Waals surface area contributed by atoms with Crippen molar-refractivity contribution in [3.05, 3.63) is 65.2 Å². The molecule has 0 saturated heterocycles. The SMILES string of the molecule is CC(NC(=O)NC(C)c1ccc(F)cc1F)c1ccc(NC(=O)C2CC2)cc1. The number of carbonyl (C=O) groups is 2. The maximum atomic E-state index is 13.8. The second-order valence-electron chi connectivity index (χ2n) is 7.11. The van der Waals surface area contributed by atoms with Crippen LogP contribution in [0.3, 0.4) is 0 Å². The predicted molar refractivity (Wildman–Crippen MR) is 103 cm³/mol. The van der Waals surface area contributed by atoms with Gasteiger partial charge in [0.15, 0.2) is 0 Å². The van der Waals surface area contributed by atoms with Crippen LogP contribution < -0.4 is 16.0 Å². The van der Waals surface area contributed by atoms with Crippen molar-refractivity contribution in [2.24, 2.45) is 5.92 Å². The molecule has 2 atom stereocenters. The number of rotatable bonds is 6. The van der Waals surface area contributed by atoms with Gasteiger partial charge in [0.2, 0.25) is 5.91 Å². The third-order valence-electron chi connectivity index (χ3n) is 4.75. The predicted octanol–water partition coefficient (Wildman–Crippen LogP) is 4.43. The minimum atomic E-state index is -0.704. The van der Waals surface area contributed by atoms with Gasteiger partial charge < -0.3 is 16.0 Å². The molecule has 3 N–H and O–H groups in total. The fraction of sp³-hybridized carbons (Fsp3) is 0.333. The van der Waals surface area contributed by atoms with Crippen molar-refractivity contribution in [3.8, 4) is 0 Å². The van der Waals surface area contributed by atoms with Gasteiger partial charge in [-0.05, 0) is 50.5 Å². The molecule has 2 aromatic rings. The number of amides is 3. The molecule has 7 heteroatoms. The van der Waals surface area contributed by atoms with E-state index in [1.54, 1.807) is 19.1 Å². The zero-order valence-corrected chi connectivity index (χ0v) is 15.8. The van der Waals surface area contributed by atoms with Crippen LogP contribution >= 0.6 is 0 Å². The Morgan fingerprint density at radius 3 is 2.21 bits per heavy atom. The van der Waals surface area contributed by atoms with Crippen molar-refractivity contribution < 1.29 is 18.4 Å². The largest absolute Gasteiger partial charge is 0.332 e. The zero-order chi connectivity index (χ0) is 20.3. The van der Waals surface area contributed by atoms with Crippen molar-refractivity contribution in [1.29, 1.82) is 0 Å². The summed E-state index contributed by atoms with van der Waals surface area (Å²) >= 11 is 0. The van der Waals surface area contributed by atoms with Gasteiger partial charge in [0, 0.05) is 23.2 Å². The molecule has 0 radical (unpaired) electrons. The fourth-order valence-electron chi connectivity index (χ4n) is 2.89. The van der Waals surface area contributed by atoms with Gasteiger partial charge in [-0.1, -0.05) is 18.2 Å². The molecule has 0 aromatic heterocycles. The number of anilines is 1. The Morgan fingerprint density at radius 2 is 1.61 bits per heavy atom. The molecule has 2 aromatic carbocycles. The highest BCUT2D eigenvalue weighted by Crippen LogP contribution is 2.30. The number of hydrogen-bond donors (Lipinski definition) is 3. The van der Waals surface area contributed by atoms with Gasteiger partial charge in [-0.25, -0.2) is 13.6 Å². The first-order valence-corrected chi connectivity index (χ1v) is 9.26. The molecule has 3 amide bonds. The van der Waals surface area contributed by atoms with E-state index in [4.69, 9.17) is 0 Å². The number of nitrogens with one attached hydrogen (secondary N) is 3. The summed E-state index contributed by atoms with van der Waals surface area (Å²) < 4.78 is 26.8. The van der Waals surface area contributed by atoms with E-state index >= 15 is 0 Å². The second-order valence-corrected chi connectivity index (χ2v) is 7.11. The maximum Gasteiger partial charge on any atom is 0.315 e. The molecule has 0 heterocycles. The first kappa shape index (κ1) is 19.8. The van der Waals surface area contributed by atoms with Crippen molar-refractivity contribution in [3.63, 3.8) is 0 Å². The molecule has 2 unspecified atom stereocenters. The molecule has 0 aliphatic heterocycles. The summed E-state index contributed by atoms with van der Waals surface area (Å²) in [7, 11) is 0. The molecule has 5 nitrogen and oxygen atoms in total. The summed E-state index contributed by atoms with van der Waals surface area (Å²) in [5, 5.41) is 8.29. The third-order valence-corrected chi connectivity index (χ3v) is 4.75. The first-order valence-electron chi connectivity index (χ1n) is 9.26. The quantitative estimate of drug-likeness (QED) is 0.686. The van der Waals surface area contributed by atoms with Gasteiger partial charge >= 0.3 is 6.03 Å². The normalized spacial score (nSPS) is 15.4. The van der Waals surface area contributed by atoms with E-state index in [-0.39, 0.29) is 23.4 Å². The Labute approximate surface area is 162 Å². The lowest BCUT2D eigenvalue weighted by Crippen LogP contribution is -2.38. The molecule has 28 heavy (non-hydrogen) atoms. The Kier molecular flexibility index (Phi) is 5.92. The fourth-order valence-corrected chi connectivity index (χ4v) is 2.89. The molecule has 3 rings (SSSR count). The summed E-state index contributed by atoms with van der Waals surface area (Å²) in [6, 6.07) is 9.13. The maximum absolute atomic E-state index is 13.8. The number of urea groups is 1. The number of halogens is 2. The minimum Gasteiger partial charge on any atom is -0.332 e. The van der Waals surface area contributed by atoms with Crippen molar-refractivity contribution >= 4 is 17.6 Å². The van der Waals surface area contributed by atoms with Crippen LogP contribution in [0, 0.1) is 17.6 Å². The highest BCUT2D eigenvalue weighted by atomic mass is 19.1. The van der Waals surface area contributed by atoms with Crippen molar-refractivity contribution in [1.82, 2.24) is 10.6 Å². The topological polar surface area (TPSA) is 70.2 Å². The third kappa shape index (κ3) is 5.06. The summed E-state index contributed by atoms with van der Waals surface area (Å²) in [5.41, 5.74) is 1.79. The van der Waals surface area contributed by atoms with Gasteiger partial charge in [0.1, 0.15) is 11.6 Å². The van der Waals surface area contributed by atoms with Crippen LogP contribution in [-0.4, -0.2) is 11.9 Å². The van der Waals surface area contributed by atoms with E-state index in [1.165, 1.54) is 6.07 Å². The lowest BCUT2D eigenvalue weighted by atomic mass is 10.1. The van der Waals surface area contributed by atoms with Crippen LogP contribution in [0.4, 0.5) is 19.3 Å². The van der Waals surface area contributed by atoms with Crippen LogP contribution in [0.2, 0.25) is 0 Å². The van der Waals surface area contributed by atoms with Gasteiger partial charge in [0.05, 0.1) is 12.1 Å². The van der Waals surface area contributed by atoms with Gasteiger partial charge in [0.25, 0.3) is 0 Å². The smallest absolute Gasteiger partial charge is 0.315 e. The van der Waals surface area contributed by atoms with Crippen LogP contribution in [0.1, 0.15) is 49.9 Å². The van der Waals surface area contributed by atoms with Gasteiger partial charge in [-0.2, -0.15) is 0 Å². The van der Waals surface area contributed by atoms with E-state index < -0.39 is 23.7 Å². The lowest BCUT2D eigenvalue weighted by Gasteiger charge is -2.19. The van der Waals surface area contributed by atoms with E-state index in [0.29, 0.717) is 0 Å². The average molecular weight is 387 g/mol. The molecule has 1 aliphatic carbocycles. The Balaban J connectivity index is 1.53. The van der Waals surface area contributed by atoms with E-state index in [2.05, 4.69) is 16.0 Å². The highest BCUT2D eigenvalue weighted by Gasteiger charge is 2.29. The number of carbonyl (C=O) groups excluding carboxylic acids is 2. The first-order chi connectivity index (χ1) is 13.3. The number of benzene rings is 2. The summed E-state index contributed by atoms with van der Waals surface area (Å²) in [5.74, 6) is -1.19. The second kappa shape index (κ2) is 8.37. The highest BCUT2D eigenvalue weighted by molar-refractivity contribution is 5.94. The molecule has 1 fully saturated rings. The standard InChI is InChI=1S/C21H23F2N3O2/c1-12(14-5-8-17(9-6-14)26-20(27)15-3-4-15)24-21(28)25-13(2)18-10-7-16(22)11-19(18)23/h5-13,15H,3-4H2,1-2H3,(H,26,27)(H2,24,25,28). The zero-order valence-electron chi connectivity index (χ0n) is 15.8. The van der Waals surface area contributed by atoms with Crippen molar-refractivity contribution in [2.45, 2.75) is 38.8 Å². The average Bonchev–Trinajstić information content (AvgIpc) is 3.47. The van der Waals surface area contributed by atoms with E-state index in [0.717, 1.165) is 36.2 Å². The molecule has 0 spiro atoms. The molecular formula is C21H23F2N3O2. The van der Waals surface area contributed by atoms with Crippen molar-refractivity contribution in [2.75, 3.05) is 5.32 Å². The van der Waals surface area contributed by atoms with Crippen LogP contribution in [-0.2, 0) is 4.79 Å². The molecular weight excluding hydrogens is 364 g/mol. The Bertz CT molecular complexity index is 866. The van der Waals surface area contributed by atoms with Crippen LogP contribution in [0.25, 0.3) is 0 Å². The minimum absolute atomic E-state index is 0.0420. The number of hydrogen-bond acceptors (Lipinski definition) is 2. The van der Waals surface area contributed by atoms with E-state index in [9.17, 15) is 18.4 Å². The summed E-state index contributed by atoms with van der Waals surface area (Å²) in [6.45, 7) is 3.44. The lowest BCUT2D eigenvalue weighted by molar-refractivity contribution is -0.117. The van der Waals surface area contributed by atoms with Gasteiger partial charge in [-0.3, -0.25) is 4.79 Å². The summed E-state index contributed by atoms with van der Waals surface area (Å²) in [6.07, 6.45) is 1.89. The van der Waals surface area contributed by atoms with Gasteiger partial charge in [-0.15, -0.1) is 0 Å². The molecule has 0 bridgehead atoms. The molecule has 1 saturated carbocycles. The molecule has 1 aliphatic rings.